The van der Waals surface area contributed by atoms with Gasteiger partial charge >= 0.3 is 12.1 Å². The van der Waals surface area contributed by atoms with Crippen LogP contribution < -0.4 is 10.6 Å². The maximum Gasteiger partial charge on any atom is 0.408 e. The summed E-state index contributed by atoms with van der Waals surface area (Å²) >= 11 is 11.7. The summed E-state index contributed by atoms with van der Waals surface area (Å²) in [5, 5.41) is 14.0. The molecule has 0 fully saturated rings. The van der Waals surface area contributed by atoms with Gasteiger partial charge in [0.05, 0.1) is 16.5 Å². The van der Waals surface area contributed by atoms with E-state index in [1.54, 1.807) is 19.9 Å². The molecule has 1 rings (SSSR count). The largest absolute Gasteiger partial charge is 0.481 e. The molecule has 29 heavy (non-hydrogen) atoms. The number of hydrogen-bond donors (Lipinski definition) is 3. The zero-order valence-electron chi connectivity index (χ0n) is 15.7. The molecule has 2 atom stereocenters. The molecule has 0 heterocycles. The topological polar surface area (TPSA) is 122 Å². The van der Waals surface area contributed by atoms with Crippen molar-refractivity contribution in [2.45, 2.75) is 39.0 Å². The second kappa shape index (κ2) is 11.6. The Morgan fingerprint density at radius 2 is 1.79 bits per heavy atom. The molecular weight excluding hydrogens is 430 g/mol. The van der Waals surface area contributed by atoms with Crippen LogP contribution in [0, 0.1) is 5.92 Å². The molecule has 0 aliphatic carbocycles. The number of Topliss-reactive ketones (excluding diaryl/α,β-unsaturated/α-hetero) is 1. The van der Waals surface area contributed by atoms with Gasteiger partial charge in [-0.25, -0.2) is 9.18 Å². The Balaban J connectivity index is 2.73. The van der Waals surface area contributed by atoms with E-state index in [1.807, 2.05) is 0 Å². The van der Waals surface area contributed by atoms with E-state index in [1.165, 1.54) is 12.1 Å². The highest BCUT2D eigenvalue weighted by Crippen LogP contribution is 2.22. The van der Waals surface area contributed by atoms with Crippen molar-refractivity contribution in [1.29, 1.82) is 0 Å². The predicted molar refractivity (Wildman–Crippen MR) is 104 cm³/mol. The van der Waals surface area contributed by atoms with Crippen LogP contribution in [0.5, 0.6) is 0 Å². The van der Waals surface area contributed by atoms with Gasteiger partial charge < -0.3 is 20.5 Å². The standard InChI is InChI=1S/C18H21Cl2FN2O6/c1-9(2)16(17(27)22-13(6-15(25)26)14(24)7-21)23-18(28)29-8-10-3-4-11(19)12(20)5-10/h3-5,9,13,16H,6-8H2,1-2H3,(H,22,27)(H,23,28)(H,25,26)/t13?,16-/m0/s1. The highest BCUT2D eigenvalue weighted by atomic mass is 35.5. The maximum atomic E-state index is 12.6. The fourth-order valence-corrected chi connectivity index (χ4v) is 2.58. The summed E-state index contributed by atoms with van der Waals surface area (Å²) in [6.45, 7) is 1.67. The second-order valence-electron chi connectivity index (χ2n) is 6.45. The molecule has 0 bridgehead atoms. The average Bonchev–Trinajstić information content (AvgIpc) is 2.65. The van der Waals surface area contributed by atoms with Crippen molar-refractivity contribution in [2.24, 2.45) is 5.92 Å². The fourth-order valence-electron chi connectivity index (χ4n) is 2.26. The fraction of sp³-hybridized carbons (Fsp3) is 0.444. The molecular formula is C18H21Cl2FN2O6. The number of carbonyl (C=O) groups is 4. The van der Waals surface area contributed by atoms with Crippen molar-refractivity contribution in [3.63, 3.8) is 0 Å². The van der Waals surface area contributed by atoms with Gasteiger partial charge in [-0.05, 0) is 23.6 Å². The lowest BCUT2D eigenvalue weighted by atomic mass is 10.0. The van der Waals surface area contributed by atoms with Crippen LogP contribution in [0.4, 0.5) is 9.18 Å². The molecule has 0 radical (unpaired) electrons. The molecule has 1 aromatic rings. The van der Waals surface area contributed by atoms with Gasteiger partial charge in [-0.3, -0.25) is 14.4 Å². The van der Waals surface area contributed by atoms with E-state index in [4.69, 9.17) is 33.0 Å². The Labute approximate surface area is 176 Å². The smallest absolute Gasteiger partial charge is 0.408 e. The van der Waals surface area contributed by atoms with Crippen molar-refractivity contribution in [3.8, 4) is 0 Å². The number of carbonyl (C=O) groups excluding carboxylic acids is 3. The lowest BCUT2D eigenvalue weighted by Gasteiger charge is -2.24. The van der Waals surface area contributed by atoms with Gasteiger partial charge in [-0.1, -0.05) is 43.1 Å². The average molecular weight is 451 g/mol. The maximum absolute atomic E-state index is 12.6. The summed E-state index contributed by atoms with van der Waals surface area (Å²) in [5.41, 5.74) is 0.565. The van der Waals surface area contributed by atoms with Crippen LogP contribution in [0.2, 0.25) is 10.0 Å². The number of ketones is 1. The number of rotatable bonds is 10. The minimum Gasteiger partial charge on any atom is -0.481 e. The van der Waals surface area contributed by atoms with E-state index >= 15 is 0 Å². The molecule has 1 unspecified atom stereocenters. The monoisotopic (exact) mass is 450 g/mol. The van der Waals surface area contributed by atoms with Gasteiger partial charge in [-0.15, -0.1) is 0 Å². The zero-order chi connectivity index (χ0) is 22.1. The van der Waals surface area contributed by atoms with Gasteiger partial charge in [0.1, 0.15) is 25.4 Å². The zero-order valence-corrected chi connectivity index (χ0v) is 17.2. The van der Waals surface area contributed by atoms with Crippen LogP contribution in [-0.4, -0.2) is 47.6 Å². The first-order valence-electron chi connectivity index (χ1n) is 8.53. The summed E-state index contributed by atoms with van der Waals surface area (Å²) in [7, 11) is 0. The minimum atomic E-state index is -1.54. The summed E-state index contributed by atoms with van der Waals surface area (Å²) in [6, 6.07) is 1.98. The molecule has 8 nitrogen and oxygen atoms in total. The SMILES string of the molecule is CC(C)[C@H](NC(=O)OCc1ccc(Cl)c(Cl)c1)C(=O)NC(CC(=O)O)C(=O)CF. The van der Waals surface area contributed by atoms with Gasteiger partial charge in [0.25, 0.3) is 0 Å². The predicted octanol–water partition coefficient (Wildman–Crippen LogP) is 2.74. The number of amides is 2. The van der Waals surface area contributed by atoms with E-state index in [-0.39, 0.29) is 11.6 Å². The molecule has 0 saturated heterocycles. The lowest BCUT2D eigenvalue weighted by Crippen LogP contribution is -2.54. The van der Waals surface area contributed by atoms with Gasteiger partial charge in [0.15, 0.2) is 5.78 Å². The van der Waals surface area contributed by atoms with E-state index in [2.05, 4.69) is 10.6 Å². The Morgan fingerprint density at radius 1 is 1.14 bits per heavy atom. The van der Waals surface area contributed by atoms with E-state index in [9.17, 15) is 23.6 Å². The molecule has 0 aliphatic rings. The first-order valence-corrected chi connectivity index (χ1v) is 9.28. The van der Waals surface area contributed by atoms with Crippen molar-refractivity contribution >= 4 is 47.0 Å². The third-order valence-corrected chi connectivity index (χ3v) is 4.53. The Kier molecular flexibility index (Phi) is 9.84. The van der Waals surface area contributed by atoms with Crippen molar-refractivity contribution in [3.05, 3.63) is 33.8 Å². The van der Waals surface area contributed by atoms with Crippen molar-refractivity contribution in [2.75, 3.05) is 6.67 Å². The van der Waals surface area contributed by atoms with Gasteiger partial charge in [-0.2, -0.15) is 0 Å². The van der Waals surface area contributed by atoms with Crippen molar-refractivity contribution in [1.82, 2.24) is 10.6 Å². The molecule has 160 valence electrons. The highest BCUT2D eigenvalue weighted by Gasteiger charge is 2.30. The number of carboxylic acid groups (broad SMARTS) is 1. The Hall–Kier alpha value is -2.39. The van der Waals surface area contributed by atoms with Crippen LogP contribution >= 0.6 is 23.2 Å². The van der Waals surface area contributed by atoms with E-state index in [0.29, 0.717) is 10.6 Å². The quantitative estimate of drug-likeness (QED) is 0.503. The molecule has 3 N–H and O–H groups in total. The molecule has 1 aromatic carbocycles. The molecule has 0 aromatic heterocycles. The molecule has 0 spiro atoms. The number of benzene rings is 1. The highest BCUT2D eigenvalue weighted by molar-refractivity contribution is 6.42. The number of hydrogen-bond acceptors (Lipinski definition) is 5. The number of aliphatic carboxylic acids is 1. The third-order valence-electron chi connectivity index (χ3n) is 3.79. The lowest BCUT2D eigenvalue weighted by molar-refractivity contribution is -0.140. The number of alkyl carbamates (subject to hydrolysis) is 1. The summed E-state index contributed by atoms with van der Waals surface area (Å²) in [6.07, 6.45) is -1.70. The van der Waals surface area contributed by atoms with Crippen LogP contribution in [0.3, 0.4) is 0 Å². The molecule has 0 aliphatic heterocycles. The Morgan fingerprint density at radius 3 is 2.31 bits per heavy atom. The normalized spacial score (nSPS) is 12.8. The van der Waals surface area contributed by atoms with Crippen LogP contribution in [-0.2, 0) is 25.7 Å². The van der Waals surface area contributed by atoms with Crippen molar-refractivity contribution < 1.29 is 33.4 Å². The first-order chi connectivity index (χ1) is 13.5. The number of nitrogens with one attached hydrogen (secondary N) is 2. The van der Waals surface area contributed by atoms with Crippen LogP contribution in [0.25, 0.3) is 0 Å². The number of carboxylic acids is 1. The first kappa shape index (κ1) is 24.6. The minimum absolute atomic E-state index is 0.142. The summed E-state index contributed by atoms with van der Waals surface area (Å²) < 4.78 is 17.7. The third kappa shape index (κ3) is 8.25. The number of alkyl halides is 1. The van der Waals surface area contributed by atoms with E-state index < -0.39 is 54.8 Å². The summed E-state index contributed by atoms with van der Waals surface area (Å²) in [4.78, 5) is 46.8. The molecule has 0 saturated carbocycles. The Bertz CT molecular complexity index is 775. The molecule has 11 heteroatoms. The number of halogens is 3. The van der Waals surface area contributed by atoms with Gasteiger partial charge in [0, 0.05) is 0 Å². The molecule has 2 amide bonds. The van der Waals surface area contributed by atoms with Gasteiger partial charge in [0.2, 0.25) is 5.91 Å². The van der Waals surface area contributed by atoms with Crippen LogP contribution in [0.1, 0.15) is 25.8 Å². The second-order valence-corrected chi connectivity index (χ2v) is 7.26. The number of ether oxygens (including phenoxy) is 1. The summed E-state index contributed by atoms with van der Waals surface area (Å²) in [5.74, 6) is -3.73. The van der Waals surface area contributed by atoms with Crippen LogP contribution in [0.15, 0.2) is 18.2 Å². The van der Waals surface area contributed by atoms with E-state index in [0.717, 1.165) is 0 Å².